The summed E-state index contributed by atoms with van der Waals surface area (Å²) >= 11 is 1.46. The van der Waals surface area contributed by atoms with Crippen molar-refractivity contribution in [3.8, 4) is 10.4 Å². The molecule has 0 radical (unpaired) electrons. The van der Waals surface area contributed by atoms with Gasteiger partial charge in [0.1, 0.15) is 0 Å². The van der Waals surface area contributed by atoms with Crippen LogP contribution >= 0.6 is 11.5 Å². The van der Waals surface area contributed by atoms with E-state index in [1.54, 1.807) is 12.1 Å². The average molecular weight is 233 g/mol. The fourth-order valence-electron chi connectivity index (χ4n) is 1.39. The highest BCUT2D eigenvalue weighted by Crippen LogP contribution is 2.24. The molecule has 2 rings (SSSR count). The first-order chi connectivity index (χ1) is 7.70. The van der Waals surface area contributed by atoms with Crippen molar-refractivity contribution in [3.63, 3.8) is 0 Å². The molecule has 0 aliphatic rings. The molecule has 0 unspecified atom stereocenters. The lowest BCUT2D eigenvalue weighted by atomic mass is 10.1. The number of methoxy groups -OCH3 is 1. The zero-order valence-corrected chi connectivity index (χ0v) is 9.88. The molecule has 0 aliphatic carbocycles. The number of hydrogen-bond donors (Lipinski definition) is 0. The van der Waals surface area contributed by atoms with Crippen LogP contribution in [-0.4, -0.2) is 17.5 Å². The summed E-state index contributed by atoms with van der Waals surface area (Å²) in [7, 11) is 1.38. The van der Waals surface area contributed by atoms with Crippen molar-refractivity contribution in [1.29, 1.82) is 0 Å². The first kappa shape index (κ1) is 10.8. The number of carbonyl (C=O) groups excluding carboxylic acids is 1. The minimum atomic E-state index is -0.313. The summed E-state index contributed by atoms with van der Waals surface area (Å²) in [6.45, 7) is 1.96. The van der Waals surface area contributed by atoms with Gasteiger partial charge in [-0.2, -0.15) is 4.37 Å². The number of aryl methyl sites for hydroxylation is 1. The molecule has 3 nitrogen and oxygen atoms in total. The second kappa shape index (κ2) is 4.45. The van der Waals surface area contributed by atoms with Gasteiger partial charge in [-0.15, -0.1) is 0 Å². The Bertz CT molecular complexity index is 502. The molecule has 1 heterocycles. The highest BCUT2D eigenvalue weighted by atomic mass is 32.1. The molecule has 4 heteroatoms. The summed E-state index contributed by atoms with van der Waals surface area (Å²) < 4.78 is 8.85. The van der Waals surface area contributed by atoms with E-state index in [1.807, 2.05) is 25.1 Å². The molecule has 0 spiro atoms. The van der Waals surface area contributed by atoms with Crippen LogP contribution in [-0.2, 0) is 4.74 Å². The molecule has 16 heavy (non-hydrogen) atoms. The third-order valence-electron chi connectivity index (χ3n) is 2.22. The molecule has 1 aromatic heterocycles. The lowest BCUT2D eigenvalue weighted by Gasteiger charge is -2.00. The van der Waals surface area contributed by atoms with Crippen LogP contribution in [0.4, 0.5) is 0 Å². The molecule has 0 N–H and O–H groups in total. The highest BCUT2D eigenvalue weighted by Gasteiger charge is 2.06. The molecule has 0 saturated heterocycles. The second-order valence-electron chi connectivity index (χ2n) is 3.40. The molecule has 0 fully saturated rings. The SMILES string of the molecule is COC(=O)c1ccc(-c2cc(C)ns2)cc1. The van der Waals surface area contributed by atoms with Crippen molar-refractivity contribution in [3.05, 3.63) is 41.6 Å². The molecular formula is C12H11NO2S. The molecule has 0 aliphatic heterocycles. The zero-order valence-electron chi connectivity index (χ0n) is 9.06. The van der Waals surface area contributed by atoms with Crippen LogP contribution < -0.4 is 0 Å². The lowest BCUT2D eigenvalue weighted by molar-refractivity contribution is 0.0601. The van der Waals surface area contributed by atoms with E-state index in [0.29, 0.717) is 5.56 Å². The van der Waals surface area contributed by atoms with Crippen LogP contribution in [0.15, 0.2) is 30.3 Å². The highest BCUT2D eigenvalue weighted by molar-refractivity contribution is 7.09. The summed E-state index contributed by atoms with van der Waals surface area (Å²) in [5.74, 6) is -0.313. The number of benzene rings is 1. The monoisotopic (exact) mass is 233 g/mol. The van der Waals surface area contributed by atoms with Gasteiger partial charge in [0.05, 0.1) is 23.2 Å². The molecule has 2 aromatic rings. The predicted molar refractivity (Wildman–Crippen MR) is 63.6 cm³/mol. The van der Waals surface area contributed by atoms with Gasteiger partial charge in [-0.3, -0.25) is 0 Å². The van der Waals surface area contributed by atoms with E-state index in [4.69, 9.17) is 0 Å². The zero-order chi connectivity index (χ0) is 11.5. The summed E-state index contributed by atoms with van der Waals surface area (Å²) in [5, 5.41) is 0. The van der Waals surface area contributed by atoms with Crippen LogP contribution in [0, 0.1) is 6.92 Å². The van der Waals surface area contributed by atoms with E-state index >= 15 is 0 Å². The summed E-state index contributed by atoms with van der Waals surface area (Å²) in [6, 6.07) is 9.35. The largest absolute Gasteiger partial charge is 0.465 e. The van der Waals surface area contributed by atoms with Gasteiger partial charge in [0, 0.05) is 0 Å². The van der Waals surface area contributed by atoms with Crippen molar-refractivity contribution in [2.75, 3.05) is 7.11 Å². The van der Waals surface area contributed by atoms with Crippen LogP contribution in [0.2, 0.25) is 0 Å². The fourth-order valence-corrected chi connectivity index (χ4v) is 2.15. The summed E-state index contributed by atoms with van der Waals surface area (Å²) in [6.07, 6.45) is 0. The topological polar surface area (TPSA) is 39.2 Å². The van der Waals surface area contributed by atoms with Gasteiger partial charge in [0.2, 0.25) is 0 Å². The Morgan fingerprint density at radius 2 is 2.00 bits per heavy atom. The fraction of sp³-hybridized carbons (Fsp3) is 0.167. The Hall–Kier alpha value is -1.68. The number of carbonyl (C=O) groups is 1. The molecule has 0 atom stereocenters. The van der Waals surface area contributed by atoms with Crippen LogP contribution in [0.3, 0.4) is 0 Å². The molecule has 1 aromatic carbocycles. The Kier molecular flexibility index (Phi) is 3.01. The number of nitrogens with zero attached hydrogens (tertiary/aromatic N) is 1. The molecular weight excluding hydrogens is 222 g/mol. The molecule has 0 amide bonds. The quantitative estimate of drug-likeness (QED) is 0.749. The Morgan fingerprint density at radius 1 is 1.31 bits per heavy atom. The Balaban J connectivity index is 2.29. The number of aromatic nitrogens is 1. The van der Waals surface area contributed by atoms with E-state index in [9.17, 15) is 4.79 Å². The second-order valence-corrected chi connectivity index (χ2v) is 4.21. The van der Waals surface area contributed by atoms with Gasteiger partial charge in [-0.25, -0.2) is 4.79 Å². The number of esters is 1. The van der Waals surface area contributed by atoms with Crippen molar-refractivity contribution in [2.24, 2.45) is 0 Å². The maximum absolute atomic E-state index is 11.2. The van der Waals surface area contributed by atoms with E-state index in [0.717, 1.165) is 16.1 Å². The molecule has 0 saturated carbocycles. The van der Waals surface area contributed by atoms with E-state index < -0.39 is 0 Å². The molecule has 82 valence electrons. The first-order valence-electron chi connectivity index (χ1n) is 4.83. The van der Waals surface area contributed by atoms with Crippen LogP contribution in [0.1, 0.15) is 16.1 Å². The van der Waals surface area contributed by atoms with E-state index in [2.05, 4.69) is 9.11 Å². The third kappa shape index (κ3) is 2.12. The van der Waals surface area contributed by atoms with Crippen molar-refractivity contribution >= 4 is 17.5 Å². The van der Waals surface area contributed by atoms with E-state index in [-0.39, 0.29) is 5.97 Å². The predicted octanol–water partition coefficient (Wildman–Crippen LogP) is 2.91. The number of rotatable bonds is 2. The summed E-state index contributed by atoms with van der Waals surface area (Å²) in [4.78, 5) is 12.3. The van der Waals surface area contributed by atoms with Gasteiger partial charge < -0.3 is 4.74 Å². The van der Waals surface area contributed by atoms with Crippen LogP contribution in [0.5, 0.6) is 0 Å². The van der Waals surface area contributed by atoms with Crippen molar-refractivity contribution in [1.82, 2.24) is 4.37 Å². The Labute approximate surface area is 97.9 Å². The number of ether oxygens (including phenoxy) is 1. The number of hydrogen-bond acceptors (Lipinski definition) is 4. The van der Waals surface area contributed by atoms with Crippen molar-refractivity contribution in [2.45, 2.75) is 6.92 Å². The Morgan fingerprint density at radius 3 is 2.50 bits per heavy atom. The lowest BCUT2D eigenvalue weighted by Crippen LogP contribution is -2.00. The minimum Gasteiger partial charge on any atom is -0.465 e. The minimum absolute atomic E-state index is 0.313. The summed E-state index contributed by atoms with van der Waals surface area (Å²) in [5.41, 5.74) is 2.64. The van der Waals surface area contributed by atoms with Gasteiger partial charge in [-0.1, -0.05) is 12.1 Å². The standard InChI is InChI=1S/C12H11NO2S/c1-8-7-11(16-13-8)9-3-5-10(6-4-9)12(14)15-2/h3-7H,1-2H3. The van der Waals surface area contributed by atoms with Crippen molar-refractivity contribution < 1.29 is 9.53 Å². The smallest absolute Gasteiger partial charge is 0.337 e. The third-order valence-corrected chi connectivity index (χ3v) is 3.15. The van der Waals surface area contributed by atoms with E-state index in [1.165, 1.54) is 18.6 Å². The van der Waals surface area contributed by atoms with Gasteiger partial charge in [-0.05, 0) is 42.2 Å². The first-order valence-corrected chi connectivity index (χ1v) is 5.60. The van der Waals surface area contributed by atoms with Gasteiger partial charge >= 0.3 is 5.97 Å². The average Bonchev–Trinajstić information content (AvgIpc) is 2.75. The molecule has 0 bridgehead atoms. The van der Waals surface area contributed by atoms with Crippen LogP contribution in [0.25, 0.3) is 10.4 Å². The van der Waals surface area contributed by atoms with Gasteiger partial charge in [0.25, 0.3) is 0 Å². The maximum atomic E-state index is 11.2. The maximum Gasteiger partial charge on any atom is 0.337 e. The normalized spacial score (nSPS) is 10.1. The van der Waals surface area contributed by atoms with Gasteiger partial charge in [0.15, 0.2) is 0 Å².